The molecule has 2 aromatic heterocycles. The number of anilines is 1. The van der Waals surface area contributed by atoms with Gasteiger partial charge in [0.15, 0.2) is 0 Å². The summed E-state index contributed by atoms with van der Waals surface area (Å²) in [6.45, 7) is 5.87. The second-order valence-electron chi connectivity index (χ2n) is 10.5. The summed E-state index contributed by atoms with van der Waals surface area (Å²) < 4.78 is 3.39. The molecule has 0 radical (unpaired) electrons. The van der Waals surface area contributed by atoms with Crippen LogP contribution in [0.15, 0.2) is 36.7 Å². The van der Waals surface area contributed by atoms with E-state index in [9.17, 15) is 14.7 Å². The number of nitrogens with one attached hydrogen (secondary N) is 2. The van der Waals surface area contributed by atoms with Crippen LogP contribution in [0.3, 0.4) is 0 Å². The number of carbonyl (C=O) groups is 2. The lowest BCUT2D eigenvalue weighted by Crippen LogP contribution is -2.50. The summed E-state index contributed by atoms with van der Waals surface area (Å²) in [5, 5.41) is 25.3. The van der Waals surface area contributed by atoms with Crippen molar-refractivity contribution in [2.24, 2.45) is 24.8 Å². The van der Waals surface area contributed by atoms with Crippen LogP contribution in [0.25, 0.3) is 11.3 Å². The van der Waals surface area contributed by atoms with Gasteiger partial charge in [-0.2, -0.15) is 10.2 Å². The fraction of sp³-hybridized carbons (Fsp3) is 0.481. The Kier molecular flexibility index (Phi) is 6.32. The number of phenolic OH excluding ortho intramolecular Hbond substituents is 1. The van der Waals surface area contributed by atoms with Crippen LogP contribution in [-0.4, -0.2) is 42.5 Å². The minimum absolute atomic E-state index is 0.0280. The molecule has 1 unspecified atom stereocenters. The molecule has 1 aromatic carbocycles. The van der Waals surface area contributed by atoms with Crippen molar-refractivity contribution in [2.45, 2.75) is 58.5 Å². The van der Waals surface area contributed by atoms with Gasteiger partial charge in [-0.15, -0.1) is 0 Å². The van der Waals surface area contributed by atoms with E-state index in [1.165, 1.54) is 0 Å². The molecule has 2 fully saturated rings. The van der Waals surface area contributed by atoms with Gasteiger partial charge in [-0.25, -0.2) is 0 Å². The van der Waals surface area contributed by atoms with Crippen molar-refractivity contribution < 1.29 is 14.7 Å². The molecular formula is C27H34N6O3. The van der Waals surface area contributed by atoms with Crippen LogP contribution in [0.4, 0.5) is 5.69 Å². The third kappa shape index (κ3) is 4.74. The zero-order valence-electron chi connectivity index (χ0n) is 21.2. The third-order valence-electron chi connectivity index (χ3n) is 7.32. The van der Waals surface area contributed by atoms with Crippen LogP contribution in [0.2, 0.25) is 0 Å². The first-order valence-corrected chi connectivity index (χ1v) is 12.7. The van der Waals surface area contributed by atoms with E-state index in [0.29, 0.717) is 28.8 Å². The molecule has 2 amide bonds. The second kappa shape index (κ2) is 9.44. The summed E-state index contributed by atoms with van der Waals surface area (Å²) >= 11 is 0. The standard InChI is InChI=1S/C27H34N6O3/c1-15(2)33-21(11-12-28-33)26(35)31-24(23(17-5-6-17)18-7-8-18)27(36)30-19-9-10-20(22(34)13-19)25-16(3)14-29-32(25)4/h9-15,17-18,23-24,34H,5-8H2,1-4H3,(H,30,36)(H,31,35). The minimum atomic E-state index is -0.658. The van der Waals surface area contributed by atoms with Crippen LogP contribution in [0.5, 0.6) is 5.75 Å². The lowest BCUT2D eigenvalue weighted by Gasteiger charge is -2.28. The highest BCUT2D eigenvalue weighted by Crippen LogP contribution is 2.51. The number of phenols is 1. The summed E-state index contributed by atoms with van der Waals surface area (Å²) in [5.41, 5.74) is 3.34. The third-order valence-corrected chi connectivity index (χ3v) is 7.32. The molecule has 9 heteroatoms. The fourth-order valence-electron chi connectivity index (χ4n) is 5.31. The first-order chi connectivity index (χ1) is 17.2. The Balaban J connectivity index is 1.39. The molecule has 5 rings (SSSR count). The summed E-state index contributed by atoms with van der Waals surface area (Å²) in [7, 11) is 1.83. The zero-order valence-corrected chi connectivity index (χ0v) is 21.2. The van der Waals surface area contributed by atoms with Crippen LogP contribution in [0.1, 0.15) is 61.6 Å². The van der Waals surface area contributed by atoms with Crippen molar-refractivity contribution in [1.82, 2.24) is 24.9 Å². The lowest BCUT2D eigenvalue weighted by atomic mass is 9.88. The largest absolute Gasteiger partial charge is 0.507 e. The number of hydrogen-bond acceptors (Lipinski definition) is 5. The number of amides is 2. The van der Waals surface area contributed by atoms with E-state index in [4.69, 9.17) is 0 Å². The molecule has 0 spiro atoms. The normalized spacial score (nSPS) is 16.4. The summed E-state index contributed by atoms with van der Waals surface area (Å²) in [6.07, 6.45) is 7.71. The number of nitrogens with zero attached hydrogens (tertiary/aromatic N) is 4. The summed E-state index contributed by atoms with van der Waals surface area (Å²) in [5.74, 6) is 0.514. The van der Waals surface area contributed by atoms with Gasteiger partial charge in [0, 0.05) is 36.6 Å². The zero-order chi connectivity index (χ0) is 25.6. The van der Waals surface area contributed by atoms with E-state index in [1.54, 1.807) is 46.0 Å². The average molecular weight is 491 g/mol. The van der Waals surface area contributed by atoms with Crippen LogP contribution in [0, 0.1) is 24.7 Å². The maximum absolute atomic E-state index is 13.6. The van der Waals surface area contributed by atoms with Gasteiger partial charge in [0.1, 0.15) is 17.5 Å². The molecule has 1 atom stereocenters. The molecule has 2 saturated carbocycles. The van der Waals surface area contributed by atoms with Crippen LogP contribution >= 0.6 is 0 Å². The van der Waals surface area contributed by atoms with Crippen molar-refractivity contribution in [3.8, 4) is 17.0 Å². The highest BCUT2D eigenvalue weighted by Gasteiger charge is 2.48. The molecule has 2 aliphatic carbocycles. The molecule has 0 saturated heterocycles. The Hall–Kier alpha value is -3.62. The number of aromatic hydroxyl groups is 1. The van der Waals surface area contributed by atoms with E-state index >= 15 is 0 Å². The van der Waals surface area contributed by atoms with Crippen LogP contribution in [-0.2, 0) is 11.8 Å². The maximum Gasteiger partial charge on any atom is 0.270 e. The molecule has 9 nitrogen and oxygen atoms in total. The molecule has 0 bridgehead atoms. The first-order valence-electron chi connectivity index (χ1n) is 12.7. The number of aryl methyl sites for hydroxylation is 2. The molecule has 2 aliphatic rings. The molecule has 36 heavy (non-hydrogen) atoms. The summed E-state index contributed by atoms with van der Waals surface area (Å²) in [4.78, 5) is 26.9. The van der Waals surface area contributed by atoms with Gasteiger partial charge >= 0.3 is 0 Å². The maximum atomic E-state index is 13.6. The Morgan fingerprint density at radius 1 is 1.08 bits per heavy atom. The van der Waals surface area contributed by atoms with Gasteiger partial charge in [-0.3, -0.25) is 19.0 Å². The van der Waals surface area contributed by atoms with Gasteiger partial charge in [0.05, 0.1) is 11.9 Å². The van der Waals surface area contributed by atoms with Gasteiger partial charge in [0.25, 0.3) is 5.91 Å². The van der Waals surface area contributed by atoms with E-state index in [1.807, 2.05) is 27.8 Å². The van der Waals surface area contributed by atoms with Gasteiger partial charge in [0.2, 0.25) is 5.91 Å². The Morgan fingerprint density at radius 3 is 2.33 bits per heavy atom. The lowest BCUT2D eigenvalue weighted by molar-refractivity contribution is -0.119. The molecule has 3 N–H and O–H groups in total. The van der Waals surface area contributed by atoms with Gasteiger partial charge in [-0.1, -0.05) is 0 Å². The van der Waals surface area contributed by atoms with E-state index < -0.39 is 6.04 Å². The highest BCUT2D eigenvalue weighted by molar-refractivity contribution is 6.01. The molecule has 0 aliphatic heterocycles. The van der Waals surface area contributed by atoms with Gasteiger partial charge in [-0.05, 0) is 88.0 Å². The molecule has 2 heterocycles. The molecule has 3 aromatic rings. The topological polar surface area (TPSA) is 114 Å². The van der Waals surface area contributed by atoms with Crippen molar-refractivity contribution in [2.75, 3.05) is 5.32 Å². The Labute approximate surface area is 210 Å². The monoisotopic (exact) mass is 490 g/mol. The number of rotatable bonds is 9. The fourth-order valence-corrected chi connectivity index (χ4v) is 5.31. The number of benzene rings is 1. The van der Waals surface area contributed by atoms with E-state index in [0.717, 1.165) is 36.9 Å². The van der Waals surface area contributed by atoms with Crippen molar-refractivity contribution in [3.05, 3.63) is 47.9 Å². The smallest absolute Gasteiger partial charge is 0.270 e. The summed E-state index contributed by atoms with van der Waals surface area (Å²) in [6, 6.07) is 6.16. The van der Waals surface area contributed by atoms with E-state index in [-0.39, 0.29) is 29.5 Å². The molecular weight excluding hydrogens is 456 g/mol. The quantitative estimate of drug-likeness (QED) is 0.419. The second-order valence-corrected chi connectivity index (χ2v) is 10.5. The van der Waals surface area contributed by atoms with Crippen molar-refractivity contribution in [3.63, 3.8) is 0 Å². The van der Waals surface area contributed by atoms with Gasteiger partial charge < -0.3 is 15.7 Å². The minimum Gasteiger partial charge on any atom is -0.507 e. The average Bonchev–Trinajstić information content (AvgIpc) is 3.76. The Morgan fingerprint density at radius 2 is 1.78 bits per heavy atom. The van der Waals surface area contributed by atoms with Crippen molar-refractivity contribution >= 4 is 17.5 Å². The first kappa shape index (κ1) is 24.1. The number of hydrogen-bond donors (Lipinski definition) is 3. The van der Waals surface area contributed by atoms with Crippen molar-refractivity contribution in [1.29, 1.82) is 0 Å². The number of aromatic nitrogens is 4. The predicted octanol–water partition coefficient (Wildman–Crippen LogP) is 4.05. The number of carbonyl (C=O) groups excluding carboxylic acids is 2. The highest BCUT2D eigenvalue weighted by atomic mass is 16.3. The Bertz CT molecular complexity index is 1250. The predicted molar refractivity (Wildman–Crippen MR) is 136 cm³/mol. The van der Waals surface area contributed by atoms with Crippen LogP contribution < -0.4 is 10.6 Å². The SMILES string of the molecule is Cc1cnn(C)c1-c1ccc(NC(=O)C(NC(=O)c2ccnn2C(C)C)C(C2CC2)C2CC2)cc1O. The molecule has 190 valence electrons. The van der Waals surface area contributed by atoms with E-state index in [2.05, 4.69) is 20.8 Å².